The van der Waals surface area contributed by atoms with Gasteiger partial charge in [0.1, 0.15) is 6.33 Å². The van der Waals surface area contributed by atoms with Gasteiger partial charge in [0.05, 0.1) is 11.1 Å². The highest BCUT2D eigenvalue weighted by molar-refractivity contribution is 9.10. The summed E-state index contributed by atoms with van der Waals surface area (Å²) in [7, 11) is 0. The number of aliphatic hydroxyl groups is 1. The molecule has 1 aromatic carbocycles. The fourth-order valence-electron chi connectivity index (χ4n) is 2.95. The first-order valence-corrected chi connectivity index (χ1v) is 7.77. The van der Waals surface area contributed by atoms with Gasteiger partial charge in [-0.1, -0.05) is 29.8 Å². The van der Waals surface area contributed by atoms with E-state index in [1.807, 2.05) is 12.1 Å². The van der Waals surface area contributed by atoms with Crippen molar-refractivity contribution < 1.29 is 5.11 Å². The van der Waals surface area contributed by atoms with E-state index in [0.717, 1.165) is 32.1 Å². The second-order valence-corrected chi connectivity index (χ2v) is 7.07. The van der Waals surface area contributed by atoms with Crippen LogP contribution in [0.3, 0.4) is 0 Å². The van der Waals surface area contributed by atoms with Crippen molar-refractivity contribution in [2.45, 2.75) is 39.2 Å². The first-order chi connectivity index (χ1) is 9.80. The quantitative estimate of drug-likeness (QED) is 0.762. The molecule has 0 radical (unpaired) electrons. The lowest BCUT2D eigenvalue weighted by Crippen LogP contribution is -2.21. The van der Waals surface area contributed by atoms with Crippen LogP contribution in [0.5, 0.6) is 0 Å². The molecule has 0 saturated heterocycles. The molecule has 21 heavy (non-hydrogen) atoms. The molecule has 0 fully saturated rings. The second kappa shape index (κ2) is 4.78. The minimum Gasteiger partial charge on any atom is -0.386 e. The number of aromatic nitrogens is 3. The van der Waals surface area contributed by atoms with E-state index in [4.69, 9.17) is 0 Å². The minimum absolute atomic E-state index is 0.268. The molecule has 0 bridgehead atoms. The fraction of sp³-hybridized carbons (Fsp3) is 0.375. The number of benzene rings is 1. The molecule has 2 heterocycles. The summed E-state index contributed by atoms with van der Waals surface area (Å²) in [5, 5.41) is 16.1. The molecule has 1 N–H and O–H groups in total. The summed E-state index contributed by atoms with van der Waals surface area (Å²) in [6.45, 7) is 7.87. The van der Waals surface area contributed by atoms with Crippen molar-refractivity contribution in [2.75, 3.05) is 0 Å². The Morgan fingerprint density at radius 2 is 2.00 bits per heavy atom. The van der Waals surface area contributed by atoms with Gasteiger partial charge in [0.2, 0.25) is 0 Å². The molecule has 2 aromatic heterocycles. The summed E-state index contributed by atoms with van der Waals surface area (Å²) >= 11 is 3.54. The van der Waals surface area contributed by atoms with Gasteiger partial charge in [0.15, 0.2) is 5.65 Å². The number of rotatable bonds is 2. The van der Waals surface area contributed by atoms with Gasteiger partial charge in [-0.05, 0) is 43.5 Å². The van der Waals surface area contributed by atoms with Crippen LogP contribution in [0.15, 0.2) is 29.0 Å². The molecule has 0 unspecified atom stereocenters. The molecule has 0 aliphatic heterocycles. The Morgan fingerprint density at radius 3 is 2.62 bits per heavy atom. The fourth-order valence-corrected chi connectivity index (χ4v) is 3.32. The van der Waals surface area contributed by atoms with Crippen molar-refractivity contribution in [3.05, 3.63) is 40.1 Å². The number of nitrogens with zero attached hydrogens (tertiary/aromatic N) is 3. The highest BCUT2D eigenvalue weighted by Gasteiger charge is 2.28. The van der Waals surface area contributed by atoms with Crippen LogP contribution in [0.4, 0.5) is 0 Å². The first kappa shape index (κ1) is 14.5. The number of hydrogen-bond acceptors (Lipinski definition) is 3. The Kier molecular flexibility index (Phi) is 3.30. The average molecular weight is 348 g/mol. The Bertz CT molecular complexity index is 831. The maximum absolute atomic E-state index is 10.7. The Hall–Kier alpha value is -1.46. The molecule has 0 atom stereocenters. The number of pyridine rings is 1. The third kappa shape index (κ3) is 2.24. The molecule has 5 heteroatoms. The molecule has 0 aliphatic carbocycles. The van der Waals surface area contributed by atoms with Gasteiger partial charge < -0.3 is 5.11 Å². The molecular formula is C16H18BrN3O. The second-order valence-electron chi connectivity index (χ2n) is 6.16. The minimum atomic E-state index is -0.982. The topological polar surface area (TPSA) is 50.4 Å². The van der Waals surface area contributed by atoms with E-state index in [0.29, 0.717) is 0 Å². The van der Waals surface area contributed by atoms with Crippen LogP contribution >= 0.6 is 15.9 Å². The molecule has 0 aliphatic rings. The van der Waals surface area contributed by atoms with Crippen LogP contribution in [0.1, 0.15) is 44.7 Å². The van der Waals surface area contributed by atoms with Crippen LogP contribution in [0.25, 0.3) is 16.6 Å². The lowest BCUT2D eigenvalue weighted by Gasteiger charge is -2.26. The van der Waals surface area contributed by atoms with E-state index >= 15 is 0 Å². The van der Waals surface area contributed by atoms with Gasteiger partial charge >= 0.3 is 0 Å². The molecular weight excluding hydrogens is 330 g/mol. The summed E-state index contributed by atoms with van der Waals surface area (Å²) in [5.41, 5.74) is 2.72. The first-order valence-electron chi connectivity index (χ1n) is 6.98. The molecule has 4 nitrogen and oxygen atoms in total. The summed E-state index contributed by atoms with van der Waals surface area (Å²) in [4.78, 5) is 4.38. The zero-order valence-electron chi connectivity index (χ0n) is 12.6. The van der Waals surface area contributed by atoms with Gasteiger partial charge in [0, 0.05) is 15.4 Å². The van der Waals surface area contributed by atoms with E-state index in [-0.39, 0.29) is 5.92 Å². The van der Waals surface area contributed by atoms with Crippen LogP contribution in [-0.4, -0.2) is 19.7 Å². The maximum Gasteiger partial charge on any atom is 0.162 e. The number of halogens is 1. The van der Waals surface area contributed by atoms with Crippen molar-refractivity contribution >= 4 is 32.5 Å². The van der Waals surface area contributed by atoms with E-state index in [1.165, 1.54) is 6.33 Å². The van der Waals surface area contributed by atoms with E-state index in [2.05, 4.69) is 45.9 Å². The SMILES string of the molecule is CC(C)c1c(C(C)(C)O)c2ncnn2c2ccc(Br)cc12. The predicted octanol–water partition coefficient (Wildman–Crippen LogP) is 4.00. The molecule has 110 valence electrons. The Labute approximate surface area is 131 Å². The third-order valence-electron chi connectivity index (χ3n) is 3.71. The summed E-state index contributed by atoms with van der Waals surface area (Å²) < 4.78 is 2.82. The van der Waals surface area contributed by atoms with Crippen molar-refractivity contribution in [1.82, 2.24) is 14.6 Å². The third-order valence-corrected chi connectivity index (χ3v) is 4.20. The Morgan fingerprint density at radius 1 is 1.29 bits per heavy atom. The van der Waals surface area contributed by atoms with Gasteiger partial charge in [-0.15, -0.1) is 0 Å². The summed E-state index contributed by atoms with van der Waals surface area (Å²) in [6.07, 6.45) is 1.54. The van der Waals surface area contributed by atoms with Crippen LogP contribution < -0.4 is 0 Å². The highest BCUT2D eigenvalue weighted by Crippen LogP contribution is 2.38. The molecule has 3 rings (SSSR count). The molecule has 0 spiro atoms. The zero-order valence-corrected chi connectivity index (χ0v) is 14.1. The lowest BCUT2D eigenvalue weighted by molar-refractivity contribution is 0.0785. The van der Waals surface area contributed by atoms with E-state index < -0.39 is 5.60 Å². The van der Waals surface area contributed by atoms with Crippen LogP contribution in [-0.2, 0) is 5.60 Å². The molecule has 0 amide bonds. The molecule has 3 aromatic rings. The number of fused-ring (bicyclic) bond motifs is 3. The van der Waals surface area contributed by atoms with Gasteiger partial charge in [0.25, 0.3) is 0 Å². The van der Waals surface area contributed by atoms with Gasteiger partial charge in [-0.2, -0.15) is 5.10 Å². The van der Waals surface area contributed by atoms with Crippen molar-refractivity contribution in [3.8, 4) is 0 Å². The van der Waals surface area contributed by atoms with Crippen molar-refractivity contribution in [1.29, 1.82) is 0 Å². The van der Waals surface area contributed by atoms with E-state index in [1.54, 1.807) is 18.4 Å². The molecule has 0 saturated carbocycles. The van der Waals surface area contributed by atoms with Gasteiger partial charge in [-0.25, -0.2) is 9.50 Å². The van der Waals surface area contributed by atoms with Crippen LogP contribution in [0, 0.1) is 0 Å². The zero-order chi connectivity index (χ0) is 15.4. The van der Waals surface area contributed by atoms with E-state index in [9.17, 15) is 5.11 Å². The number of hydrogen-bond donors (Lipinski definition) is 1. The predicted molar refractivity (Wildman–Crippen MR) is 87.5 cm³/mol. The average Bonchev–Trinajstić information content (AvgIpc) is 2.83. The lowest BCUT2D eigenvalue weighted by atomic mass is 9.86. The monoisotopic (exact) mass is 347 g/mol. The van der Waals surface area contributed by atoms with Crippen LogP contribution in [0.2, 0.25) is 0 Å². The highest BCUT2D eigenvalue weighted by atomic mass is 79.9. The van der Waals surface area contributed by atoms with Crippen molar-refractivity contribution in [3.63, 3.8) is 0 Å². The van der Waals surface area contributed by atoms with Crippen molar-refractivity contribution in [2.24, 2.45) is 0 Å². The smallest absolute Gasteiger partial charge is 0.162 e. The largest absolute Gasteiger partial charge is 0.386 e. The standard InChI is InChI=1S/C16H18BrN3O/c1-9(2)13-11-7-10(17)5-6-12(11)20-15(18-8-19-20)14(13)16(3,4)21/h5-9,21H,1-4H3. The van der Waals surface area contributed by atoms with Gasteiger partial charge in [-0.3, -0.25) is 0 Å². The normalized spacial score (nSPS) is 12.7. The summed E-state index contributed by atoms with van der Waals surface area (Å²) in [5.74, 6) is 0.268. The maximum atomic E-state index is 10.7. The summed E-state index contributed by atoms with van der Waals surface area (Å²) in [6, 6.07) is 6.11. The Balaban J connectivity index is 2.63.